The van der Waals surface area contributed by atoms with Crippen LogP contribution in [0.25, 0.3) is 0 Å². The first-order valence-corrected chi connectivity index (χ1v) is 3.77. The molecule has 0 saturated heterocycles. The molecule has 0 fully saturated rings. The number of rotatable bonds is 2. The number of halogens is 4. The average Bonchev–Trinajstić information content (AvgIpc) is 2.01. The molecule has 0 spiro atoms. The van der Waals surface area contributed by atoms with E-state index in [1.165, 1.54) is 0 Å². The van der Waals surface area contributed by atoms with E-state index in [1.54, 1.807) is 0 Å². The fraction of sp³-hybridized carbons (Fsp3) is 0. The van der Waals surface area contributed by atoms with Crippen LogP contribution in [0.3, 0.4) is 0 Å². The molecule has 0 N–H and O–H groups in total. The summed E-state index contributed by atoms with van der Waals surface area (Å²) in [6.45, 7) is -5.10. The predicted octanol–water partition coefficient (Wildman–Crippen LogP) is 2.21. The summed E-state index contributed by atoms with van der Waals surface area (Å²) in [6, 6.07) is 2.90. The number of aldehydes is 1. The van der Waals surface area contributed by atoms with Crippen molar-refractivity contribution in [1.82, 2.24) is 0 Å². The van der Waals surface area contributed by atoms with Gasteiger partial charge in [-0.1, -0.05) is 29.2 Å². The zero-order valence-electron chi connectivity index (χ0n) is 6.31. The van der Waals surface area contributed by atoms with Gasteiger partial charge in [-0.25, -0.2) is 0 Å². The molecule has 0 radical (unpaired) electrons. The second-order valence-electron chi connectivity index (χ2n) is 2.47. The van der Waals surface area contributed by atoms with Crippen LogP contribution in [0.5, 0.6) is 0 Å². The third kappa shape index (κ3) is 2.24. The topological polar surface area (TPSA) is 17.1 Å². The van der Waals surface area contributed by atoms with Gasteiger partial charge in [0.15, 0.2) is 0 Å². The van der Waals surface area contributed by atoms with Gasteiger partial charge in [0.2, 0.25) is 0 Å². The highest BCUT2D eigenvalue weighted by Crippen LogP contribution is 2.16. The van der Waals surface area contributed by atoms with Gasteiger partial charge in [0, 0.05) is 10.6 Å². The van der Waals surface area contributed by atoms with Crippen molar-refractivity contribution in [3.8, 4) is 0 Å². The van der Waals surface area contributed by atoms with Crippen molar-refractivity contribution in [2.24, 2.45) is 0 Å². The molecular formula is C7H4BClF3O-. The maximum atomic E-state index is 12.2. The summed E-state index contributed by atoms with van der Waals surface area (Å²) in [7, 11) is 0. The van der Waals surface area contributed by atoms with Crippen LogP contribution in [0.2, 0.25) is 5.02 Å². The predicted molar refractivity (Wildman–Crippen MR) is 45.6 cm³/mol. The second kappa shape index (κ2) is 3.42. The van der Waals surface area contributed by atoms with E-state index < -0.39 is 17.5 Å². The fourth-order valence-corrected chi connectivity index (χ4v) is 1.19. The summed E-state index contributed by atoms with van der Waals surface area (Å²) in [5.74, 6) is 0. The summed E-state index contributed by atoms with van der Waals surface area (Å²) >= 11 is 5.33. The van der Waals surface area contributed by atoms with Crippen molar-refractivity contribution >= 4 is 30.3 Å². The highest BCUT2D eigenvalue weighted by atomic mass is 35.5. The van der Waals surface area contributed by atoms with Crippen molar-refractivity contribution in [3.05, 3.63) is 28.8 Å². The molecular weight excluding hydrogens is 203 g/mol. The van der Waals surface area contributed by atoms with Crippen LogP contribution in [0, 0.1) is 0 Å². The Morgan fingerprint density at radius 2 is 1.92 bits per heavy atom. The zero-order chi connectivity index (χ0) is 10.1. The van der Waals surface area contributed by atoms with E-state index in [9.17, 15) is 17.7 Å². The van der Waals surface area contributed by atoms with E-state index in [4.69, 9.17) is 11.6 Å². The van der Waals surface area contributed by atoms with Crippen LogP contribution in [0.4, 0.5) is 12.9 Å². The molecule has 0 aliphatic rings. The van der Waals surface area contributed by atoms with Gasteiger partial charge in [0.1, 0.15) is 6.29 Å². The number of carbonyl (C=O) groups is 1. The Bertz CT molecular complexity index is 337. The molecule has 70 valence electrons. The molecule has 1 rings (SSSR count). The summed E-state index contributed by atoms with van der Waals surface area (Å²) in [5, 5.41) is -0.433. The van der Waals surface area contributed by atoms with Crippen molar-refractivity contribution < 1.29 is 17.7 Å². The standard InChI is InChI=1S/C7H4BClF3O/c9-7-3-5(4-13)1-2-6(7)8(10,11)12/h1-4H/q-1. The third-order valence-electron chi connectivity index (χ3n) is 1.51. The van der Waals surface area contributed by atoms with E-state index in [1.807, 2.05) is 0 Å². The summed E-state index contributed by atoms with van der Waals surface area (Å²) in [4.78, 5) is 10.2. The first-order valence-electron chi connectivity index (χ1n) is 3.39. The molecule has 0 aromatic heterocycles. The van der Waals surface area contributed by atoms with Crippen LogP contribution in [-0.4, -0.2) is 13.3 Å². The van der Waals surface area contributed by atoms with E-state index >= 15 is 0 Å². The lowest BCUT2D eigenvalue weighted by Crippen LogP contribution is -2.34. The molecule has 0 amide bonds. The average molecular weight is 207 g/mol. The van der Waals surface area contributed by atoms with E-state index in [2.05, 4.69) is 0 Å². The number of carbonyl (C=O) groups excluding carboxylic acids is 1. The monoisotopic (exact) mass is 207 g/mol. The minimum absolute atomic E-state index is 0.133. The molecule has 6 heteroatoms. The van der Waals surface area contributed by atoms with Crippen molar-refractivity contribution in [2.45, 2.75) is 0 Å². The molecule has 0 unspecified atom stereocenters. The molecule has 13 heavy (non-hydrogen) atoms. The molecule has 1 aromatic carbocycles. The lowest BCUT2D eigenvalue weighted by atomic mass is 9.80. The maximum Gasteiger partial charge on any atom is 0.511 e. The minimum Gasteiger partial charge on any atom is -0.445 e. The summed E-state index contributed by atoms with van der Waals surface area (Å²) in [6.07, 6.45) is 0.443. The molecule has 0 aliphatic heterocycles. The number of benzene rings is 1. The second-order valence-corrected chi connectivity index (χ2v) is 2.88. The lowest BCUT2D eigenvalue weighted by molar-refractivity contribution is 0.112. The Hall–Kier alpha value is -0.965. The molecule has 0 saturated carbocycles. The molecule has 0 heterocycles. The summed E-state index contributed by atoms with van der Waals surface area (Å²) < 4.78 is 36.5. The van der Waals surface area contributed by atoms with Crippen molar-refractivity contribution in [3.63, 3.8) is 0 Å². The SMILES string of the molecule is O=Cc1ccc([B-](F)(F)F)c(Cl)c1. The van der Waals surface area contributed by atoms with Gasteiger partial charge in [0.25, 0.3) is 0 Å². The van der Waals surface area contributed by atoms with Crippen molar-refractivity contribution in [2.75, 3.05) is 0 Å². The van der Waals surface area contributed by atoms with Crippen molar-refractivity contribution in [1.29, 1.82) is 0 Å². The normalized spacial score (nSPS) is 11.4. The number of hydrogen-bond donors (Lipinski definition) is 0. The molecule has 0 aliphatic carbocycles. The van der Waals surface area contributed by atoms with Gasteiger partial charge in [-0.2, -0.15) is 0 Å². The highest BCUT2D eigenvalue weighted by Gasteiger charge is 2.27. The largest absolute Gasteiger partial charge is 0.511 e. The zero-order valence-corrected chi connectivity index (χ0v) is 7.06. The fourth-order valence-electron chi connectivity index (χ4n) is 0.882. The number of hydrogen-bond acceptors (Lipinski definition) is 1. The molecule has 0 atom stereocenters. The quantitative estimate of drug-likeness (QED) is 0.537. The molecule has 0 bridgehead atoms. The Morgan fingerprint density at radius 3 is 2.31 bits per heavy atom. The highest BCUT2D eigenvalue weighted by molar-refractivity contribution is 6.75. The Kier molecular flexibility index (Phi) is 2.66. The van der Waals surface area contributed by atoms with Gasteiger partial charge < -0.3 is 12.9 Å². The summed E-state index contributed by atoms with van der Waals surface area (Å²) in [5.41, 5.74) is -0.735. The van der Waals surface area contributed by atoms with Crippen LogP contribution in [0.15, 0.2) is 18.2 Å². The van der Waals surface area contributed by atoms with Gasteiger partial charge in [-0.05, 0) is 6.07 Å². The molecule has 1 aromatic rings. The van der Waals surface area contributed by atoms with Crippen LogP contribution in [0.1, 0.15) is 10.4 Å². The first kappa shape index (κ1) is 10.1. The first-order chi connectivity index (χ1) is 5.95. The lowest BCUT2D eigenvalue weighted by Gasteiger charge is -2.16. The third-order valence-corrected chi connectivity index (χ3v) is 1.84. The van der Waals surface area contributed by atoms with Gasteiger partial charge in [-0.3, -0.25) is 4.79 Å². The van der Waals surface area contributed by atoms with E-state index in [0.717, 1.165) is 18.2 Å². The maximum absolute atomic E-state index is 12.2. The smallest absolute Gasteiger partial charge is 0.445 e. The van der Waals surface area contributed by atoms with Crippen LogP contribution >= 0.6 is 11.6 Å². The van der Waals surface area contributed by atoms with Gasteiger partial charge in [0.05, 0.1) is 0 Å². The molecule has 1 nitrogen and oxygen atoms in total. The van der Waals surface area contributed by atoms with E-state index in [-0.39, 0.29) is 5.56 Å². The Balaban J connectivity index is 3.20. The Labute approximate surface area is 77.6 Å². The van der Waals surface area contributed by atoms with Gasteiger partial charge >= 0.3 is 6.98 Å². The van der Waals surface area contributed by atoms with Crippen LogP contribution in [-0.2, 0) is 0 Å². The Morgan fingerprint density at radius 1 is 1.31 bits per heavy atom. The van der Waals surface area contributed by atoms with Crippen LogP contribution < -0.4 is 5.46 Å². The van der Waals surface area contributed by atoms with Gasteiger partial charge in [-0.15, -0.1) is 0 Å². The van der Waals surface area contributed by atoms with E-state index in [0.29, 0.717) is 6.29 Å². The minimum atomic E-state index is -5.10.